The van der Waals surface area contributed by atoms with Gasteiger partial charge in [-0.2, -0.15) is 0 Å². The topological polar surface area (TPSA) is 99.8 Å². The fourth-order valence-corrected chi connectivity index (χ4v) is 3.91. The van der Waals surface area contributed by atoms with Gasteiger partial charge in [0.05, 0.1) is 12.6 Å². The third-order valence-electron chi connectivity index (χ3n) is 5.77. The van der Waals surface area contributed by atoms with E-state index in [-0.39, 0.29) is 24.3 Å². The summed E-state index contributed by atoms with van der Waals surface area (Å²) in [4.78, 5) is 39.7. The first-order chi connectivity index (χ1) is 16.4. The number of hydrogen-bond acceptors (Lipinski definition) is 5. The first-order valence-corrected chi connectivity index (χ1v) is 11.7. The predicted molar refractivity (Wildman–Crippen MR) is 130 cm³/mol. The molecule has 0 fully saturated rings. The number of hydrogen-bond donors (Lipinski definition) is 3. The number of aryl methyl sites for hydroxylation is 1. The third-order valence-corrected chi connectivity index (χ3v) is 5.77. The van der Waals surface area contributed by atoms with Crippen LogP contribution in [-0.4, -0.2) is 68.0 Å². The maximum Gasteiger partial charge on any atom is 0.242 e. The molecular formula is C26H34N4O4. The van der Waals surface area contributed by atoms with Crippen LogP contribution in [0.4, 0.5) is 0 Å². The summed E-state index contributed by atoms with van der Waals surface area (Å²) in [6.07, 6.45) is 1.86. The van der Waals surface area contributed by atoms with Crippen LogP contribution in [0, 0.1) is 0 Å². The van der Waals surface area contributed by atoms with Gasteiger partial charge in [-0.3, -0.25) is 14.4 Å². The van der Waals surface area contributed by atoms with E-state index in [0.29, 0.717) is 26.1 Å². The number of carbonyl (C=O) groups excluding carboxylic acids is 3. The van der Waals surface area contributed by atoms with Gasteiger partial charge in [-0.25, -0.2) is 0 Å². The highest BCUT2D eigenvalue weighted by Crippen LogP contribution is 2.19. The molecule has 0 bridgehead atoms. The molecule has 1 aliphatic rings. The molecule has 3 amide bonds. The van der Waals surface area contributed by atoms with Crippen molar-refractivity contribution in [2.45, 2.75) is 38.3 Å². The van der Waals surface area contributed by atoms with Crippen molar-refractivity contribution in [2.75, 3.05) is 33.3 Å². The van der Waals surface area contributed by atoms with E-state index in [1.165, 1.54) is 4.90 Å². The van der Waals surface area contributed by atoms with Crippen molar-refractivity contribution in [2.24, 2.45) is 0 Å². The van der Waals surface area contributed by atoms with Gasteiger partial charge in [0.1, 0.15) is 18.4 Å². The SMILES string of the molecule is C[C@@H]1NCCOc2ccccc2CCCNC(=O)[C@@H](Cc2ccccc2)NC(=O)CN(C)C1=O. The van der Waals surface area contributed by atoms with Crippen LogP contribution in [0.2, 0.25) is 0 Å². The maximum atomic E-state index is 13.0. The zero-order valence-electron chi connectivity index (χ0n) is 19.9. The Bertz CT molecular complexity index is 966. The number of ether oxygens (including phenoxy) is 1. The molecule has 0 saturated carbocycles. The van der Waals surface area contributed by atoms with Gasteiger partial charge in [0, 0.05) is 26.6 Å². The molecule has 2 aromatic rings. The molecule has 0 aliphatic carbocycles. The number of fused-ring (bicyclic) bond motifs is 1. The van der Waals surface area contributed by atoms with Crippen molar-refractivity contribution in [1.82, 2.24) is 20.9 Å². The van der Waals surface area contributed by atoms with E-state index < -0.39 is 12.1 Å². The van der Waals surface area contributed by atoms with Crippen molar-refractivity contribution in [3.05, 3.63) is 65.7 Å². The first-order valence-electron chi connectivity index (χ1n) is 11.7. The molecule has 0 radical (unpaired) electrons. The van der Waals surface area contributed by atoms with Gasteiger partial charge in [-0.1, -0.05) is 48.5 Å². The number of nitrogens with one attached hydrogen (secondary N) is 3. The minimum atomic E-state index is -0.733. The number of para-hydroxylation sites is 1. The number of nitrogens with zero attached hydrogens (tertiary/aromatic N) is 1. The summed E-state index contributed by atoms with van der Waals surface area (Å²) in [5, 5.41) is 8.92. The monoisotopic (exact) mass is 466 g/mol. The van der Waals surface area contributed by atoms with Crippen LogP contribution in [0.25, 0.3) is 0 Å². The number of amides is 3. The summed E-state index contributed by atoms with van der Waals surface area (Å²) >= 11 is 0. The molecule has 1 aliphatic heterocycles. The lowest BCUT2D eigenvalue weighted by Crippen LogP contribution is -2.52. The molecule has 8 nitrogen and oxygen atoms in total. The zero-order chi connectivity index (χ0) is 24.3. The van der Waals surface area contributed by atoms with Gasteiger partial charge >= 0.3 is 0 Å². The number of carbonyl (C=O) groups is 3. The third kappa shape index (κ3) is 7.59. The van der Waals surface area contributed by atoms with Gasteiger partial charge in [0.15, 0.2) is 0 Å². The van der Waals surface area contributed by atoms with Gasteiger partial charge in [-0.05, 0) is 37.0 Å². The van der Waals surface area contributed by atoms with Crippen molar-refractivity contribution < 1.29 is 19.1 Å². The van der Waals surface area contributed by atoms with Crippen LogP contribution in [0.3, 0.4) is 0 Å². The summed E-state index contributed by atoms with van der Waals surface area (Å²) in [6, 6.07) is 16.2. The van der Waals surface area contributed by atoms with Crippen LogP contribution in [0.15, 0.2) is 54.6 Å². The Morgan fingerprint density at radius 1 is 1.00 bits per heavy atom. The highest BCUT2D eigenvalue weighted by atomic mass is 16.5. The van der Waals surface area contributed by atoms with Gasteiger partial charge in [0.2, 0.25) is 17.7 Å². The molecule has 2 aromatic carbocycles. The Kier molecular flexibility index (Phi) is 9.46. The molecule has 3 N–H and O–H groups in total. The molecule has 182 valence electrons. The fourth-order valence-electron chi connectivity index (χ4n) is 3.91. The van der Waals surface area contributed by atoms with Crippen molar-refractivity contribution in [3.8, 4) is 5.75 Å². The van der Waals surface area contributed by atoms with Crippen LogP contribution in [0.1, 0.15) is 24.5 Å². The molecular weight excluding hydrogens is 432 g/mol. The fraction of sp³-hybridized carbons (Fsp3) is 0.423. The van der Waals surface area contributed by atoms with Gasteiger partial charge in [-0.15, -0.1) is 0 Å². The Labute approximate surface area is 201 Å². The second-order valence-electron chi connectivity index (χ2n) is 8.53. The molecule has 0 aromatic heterocycles. The minimum absolute atomic E-state index is 0.132. The van der Waals surface area contributed by atoms with E-state index in [1.54, 1.807) is 14.0 Å². The first kappa shape index (κ1) is 25.2. The van der Waals surface area contributed by atoms with Crippen LogP contribution in [-0.2, 0) is 27.2 Å². The van der Waals surface area contributed by atoms with E-state index in [1.807, 2.05) is 54.6 Å². The minimum Gasteiger partial charge on any atom is -0.492 e. The Hall–Kier alpha value is -3.39. The summed E-state index contributed by atoms with van der Waals surface area (Å²) in [5.74, 6) is -0.0211. The molecule has 0 unspecified atom stereocenters. The average Bonchev–Trinajstić information content (AvgIpc) is 2.84. The molecule has 0 saturated heterocycles. The summed E-state index contributed by atoms with van der Waals surface area (Å²) in [7, 11) is 1.58. The van der Waals surface area contributed by atoms with E-state index >= 15 is 0 Å². The quantitative estimate of drug-likeness (QED) is 0.620. The predicted octanol–water partition coefficient (Wildman–Crippen LogP) is 1.29. The van der Waals surface area contributed by atoms with Gasteiger partial charge < -0.3 is 25.6 Å². The second kappa shape index (κ2) is 12.7. The molecule has 8 heteroatoms. The lowest BCUT2D eigenvalue weighted by atomic mass is 10.0. The average molecular weight is 467 g/mol. The summed E-state index contributed by atoms with van der Waals surface area (Å²) in [5.41, 5.74) is 2.01. The Balaban J connectivity index is 1.75. The summed E-state index contributed by atoms with van der Waals surface area (Å²) in [6.45, 7) is 3.01. The van der Waals surface area contributed by atoms with E-state index in [4.69, 9.17) is 4.74 Å². The lowest BCUT2D eigenvalue weighted by molar-refractivity contribution is -0.137. The van der Waals surface area contributed by atoms with Crippen LogP contribution >= 0.6 is 0 Å². The molecule has 34 heavy (non-hydrogen) atoms. The largest absolute Gasteiger partial charge is 0.492 e. The highest BCUT2D eigenvalue weighted by molar-refractivity contribution is 5.91. The Morgan fingerprint density at radius 3 is 2.53 bits per heavy atom. The number of benzene rings is 2. The molecule has 0 spiro atoms. The normalized spacial score (nSPS) is 21.4. The van der Waals surface area contributed by atoms with Gasteiger partial charge in [0.25, 0.3) is 0 Å². The highest BCUT2D eigenvalue weighted by Gasteiger charge is 2.24. The molecule has 1 heterocycles. The number of likely N-dealkylation sites (N-methyl/N-ethyl adjacent to an activating group) is 1. The molecule has 3 rings (SSSR count). The van der Waals surface area contributed by atoms with E-state index in [9.17, 15) is 14.4 Å². The smallest absolute Gasteiger partial charge is 0.242 e. The van der Waals surface area contributed by atoms with Crippen molar-refractivity contribution in [3.63, 3.8) is 0 Å². The standard InChI is InChI=1S/C26H34N4O4/c1-19-26(33)30(2)18-24(31)29-22(17-20-9-4-3-5-10-20)25(32)28-14-8-12-21-11-6-7-13-23(21)34-16-15-27-19/h3-7,9-11,13,19,22,27H,8,12,14-18H2,1-2H3,(H,28,32)(H,29,31)/t19-,22+/m0/s1. The van der Waals surface area contributed by atoms with E-state index in [2.05, 4.69) is 16.0 Å². The lowest BCUT2D eigenvalue weighted by Gasteiger charge is -2.24. The molecule has 2 atom stereocenters. The zero-order valence-corrected chi connectivity index (χ0v) is 19.9. The summed E-state index contributed by atoms with van der Waals surface area (Å²) < 4.78 is 5.93. The van der Waals surface area contributed by atoms with Crippen LogP contribution in [0.5, 0.6) is 5.75 Å². The number of rotatable bonds is 2. The van der Waals surface area contributed by atoms with Crippen molar-refractivity contribution >= 4 is 17.7 Å². The second-order valence-corrected chi connectivity index (χ2v) is 8.53. The maximum absolute atomic E-state index is 13.0. The van der Waals surface area contributed by atoms with E-state index in [0.717, 1.165) is 29.7 Å². The van der Waals surface area contributed by atoms with Crippen LogP contribution < -0.4 is 20.7 Å². The Morgan fingerprint density at radius 2 is 1.74 bits per heavy atom. The van der Waals surface area contributed by atoms with Crippen molar-refractivity contribution in [1.29, 1.82) is 0 Å².